The molecule has 1 aromatic carbocycles. The van der Waals surface area contributed by atoms with E-state index in [1.165, 1.54) is 0 Å². The van der Waals surface area contributed by atoms with E-state index in [0.717, 1.165) is 37.9 Å². The second-order valence-electron chi connectivity index (χ2n) is 8.99. The van der Waals surface area contributed by atoms with Gasteiger partial charge in [0.1, 0.15) is 6.04 Å². The Morgan fingerprint density at radius 1 is 1.06 bits per heavy atom. The molecule has 1 saturated heterocycles. The SMILES string of the molecule is Cc1ccc(S(=O)(=O)NCC2CCC(C(=O)N[C@H](C)C(=O)NCC3CCCO3)CC2)cc1. The molecular weight excluding hydrogens is 430 g/mol. The summed E-state index contributed by atoms with van der Waals surface area (Å²) in [5.41, 5.74) is 1.01. The van der Waals surface area contributed by atoms with Gasteiger partial charge in [-0.2, -0.15) is 0 Å². The van der Waals surface area contributed by atoms with Gasteiger partial charge in [0.15, 0.2) is 0 Å². The number of carbonyl (C=O) groups excluding carboxylic acids is 2. The minimum atomic E-state index is -3.53. The Labute approximate surface area is 190 Å². The highest BCUT2D eigenvalue weighted by atomic mass is 32.2. The van der Waals surface area contributed by atoms with Crippen LogP contribution in [0.15, 0.2) is 29.2 Å². The molecule has 1 saturated carbocycles. The molecule has 9 heteroatoms. The van der Waals surface area contributed by atoms with Crippen molar-refractivity contribution in [1.29, 1.82) is 0 Å². The van der Waals surface area contributed by atoms with Crippen molar-refractivity contribution < 1.29 is 22.7 Å². The third-order valence-electron chi connectivity index (χ3n) is 6.39. The van der Waals surface area contributed by atoms with Gasteiger partial charge in [-0.05, 0) is 70.4 Å². The first-order valence-electron chi connectivity index (χ1n) is 11.5. The molecule has 8 nitrogen and oxygen atoms in total. The average molecular weight is 466 g/mol. The van der Waals surface area contributed by atoms with E-state index in [-0.39, 0.29) is 34.6 Å². The molecule has 1 unspecified atom stereocenters. The van der Waals surface area contributed by atoms with Crippen LogP contribution in [0.3, 0.4) is 0 Å². The lowest BCUT2D eigenvalue weighted by atomic mass is 9.81. The van der Waals surface area contributed by atoms with E-state index < -0.39 is 16.1 Å². The summed E-state index contributed by atoms with van der Waals surface area (Å²) in [6.45, 7) is 5.18. The number of sulfonamides is 1. The minimum Gasteiger partial charge on any atom is -0.376 e. The maximum absolute atomic E-state index is 12.6. The highest BCUT2D eigenvalue weighted by Crippen LogP contribution is 2.29. The lowest BCUT2D eigenvalue weighted by Crippen LogP contribution is -2.48. The predicted octanol–water partition coefficient (Wildman–Crippen LogP) is 1.88. The zero-order valence-corrected chi connectivity index (χ0v) is 19.7. The van der Waals surface area contributed by atoms with E-state index in [0.29, 0.717) is 25.9 Å². The highest BCUT2D eigenvalue weighted by Gasteiger charge is 2.29. The van der Waals surface area contributed by atoms with Gasteiger partial charge in [0, 0.05) is 25.6 Å². The second kappa shape index (κ2) is 11.2. The zero-order valence-electron chi connectivity index (χ0n) is 18.9. The first-order valence-corrected chi connectivity index (χ1v) is 13.0. The van der Waals surface area contributed by atoms with E-state index in [4.69, 9.17) is 4.74 Å². The van der Waals surface area contributed by atoms with Gasteiger partial charge in [0.05, 0.1) is 11.0 Å². The molecule has 3 N–H and O–H groups in total. The largest absolute Gasteiger partial charge is 0.376 e. The topological polar surface area (TPSA) is 114 Å². The molecule has 2 atom stereocenters. The number of hydrogen-bond donors (Lipinski definition) is 3. The Morgan fingerprint density at radius 2 is 1.75 bits per heavy atom. The van der Waals surface area contributed by atoms with Crippen LogP contribution < -0.4 is 15.4 Å². The van der Waals surface area contributed by atoms with Crippen molar-refractivity contribution in [2.45, 2.75) is 69.4 Å². The summed E-state index contributed by atoms with van der Waals surface area (Å²) in [6, 6.07) is 6.18. The summed E-state index contributed by atoms with van der Waals surface area (Å²) in [4.78, 5) is 25.1. The maximum Gasteiger partial charge on any atom is 0.242 e. The molecule has 0 bridgehead atoms. The van der Waals surface area contributed by atoms with Gasteiger partial charge in [-0.15, -0.1) is 0 Å². The van der Waals surface area contributed by atoms with Crippen molar-refractivity contribution in [2.75, 3.05) is 19.7 Å². The standard InChI is InChI=1S/C23H35N3O5S/c1-16-5-11-21(12-6-16)32(29,30)25-14-18-7-9-19(10-8-18)23(28)26-17(2)22(27)24-15-20-4-3-13-31-20/h5-6,11-12,17-20,25H,3-4,7-10,13-15H2,1-2H3,(H,24,27)(H,26,28)/t17-,18?,19?,20?/m1/s1. The van der Waals surface area contributed by atoms with Crippen LogP contribution in [0, 0.1) is 18.8 Å². The number of hydrogen-bond acceptors (Lipinski definition) is 5. The van der Waals surface area contributed by atoms with E-state index in [2.05, 4.69) is 15.4 Å². The molecule has 178 valence electrons. The van der Waals surface area contributed by atoms with Gasteiger partial charge in [0.25, 0.3) is 0 Å². The number of amides is 2. The van der Waals surface area contributed by atoms with Gasteiger partial charge in [0.2, 0.25) is 21.8 Å². The van der Waals surface area contributed by atoms with Crippen molar-refractivity contribution in [3.8, 4) is 0 Å². The average Bonchev–Trinajstić information content (AvgIpc) is 3.30. The molecule has 1 aromatic rings. The molecule has 2 aliphatic rings. The van der Waals surface area contributed by atoms with Gasteiger partial charge >= 0.3 is 0 Å². The summed E-state index contributed by atoms with van der Waals surface area (Å²) >= 11 is 0. The number of nitrogens with one attached hydrogen (secondary N) is 3. The van der Waals surface area contributed by atoms with E-state index in [1.54, 1.807) is 31.2 Å². The van der Waals surface area contributed by atoms with Crippen LogP contribution in [0.4, 0.5) is 0 Å². The molecule has 32 heavy (non-hydrogen) atoms. The second-order valence-corrected chi connectivity index (χ2v) is 10.8. The van der Waals surface area contributed by atoms with Gasteiger partial charge in [-0.25, -0.2) is 13.1 Å². The quantitative estimate of drug-likeness (QED) is 0.515. The Balaban J connectivity index is 1.37. The van der Waals surface area contributed by atoms with Gasteiger partial charge < -0.3 is 15.4 Å². The van der Waals surface area contributed by atoms with Crippen LogP contribution in [0.5, 0.6) is 0 Å². The van der Waals surface area contributed by atoms with E-state index >= 15 is 0 Å². The van der Waals surface area contributed by atoms with Crippen molar-refractivity contribution >= 4 is 21.8 Å². The molecule has 1 aliphatic carbocycles. The molecule has 2 amide bonds. The van der Waals surface area contributed by atoms with Crippen molar-refractivity contribution in [1.82, 2.24) is 15.4 Å². The molecule has 2 fully saturated rings. The van der Waals surface area contributed by atoms with E-state index in [1.807, 2.05) is 6.92 Å². The van der Waals surface area contributed by atoms with Crippen LogP contribution in [0.2, 0.25) is 0 Å². The molecule has 0 aromatic heterocycles. The fourth-order valence-electron chi connectivity index (χ4n) is 4.23. The zero-order chi connectivity index (χ0) is 23.1. The number of rotatable bonds is 9. The normalized spacial score (nSPS) is 24.6. The summed E-state index contributed by atoms with van der Waals surface area (Å²) in [6.07, 6.45) is 4.96. The molecular formula is C23H35N3O5S. The Kier molecular flexibility index (Phi) is 8.67. The Hall–Kier alpha value is -1.97. The fourth-order valence-corrected chi connectivity index (χ4v) is 5.34. The first kappa shape index (κ1) is 24.7. The van der Waals surface area contributed by atoms with Crippen molar-refractivity contribution in [2.24, 2.45) is 11.8 Å². The molecule has 1 aliphatic heterocycles. The lowest BCUT2D eigenvalue weighted by molar-refractivity contribution is -0.131. The Morgan fingerprint density at radius 3 is 2.38 bits per heavy atom. The van der Waals surface area contributed by atoms with Crippen LogP contribution in [0.1, 0.15) is 51.0 Å². The van der Waals surface area contributed by atoms with Crippen LogP contribution in [0.25, 0.3) is 0 Å². The predicted molar refractivity (Wildman–Crippen MR) is 121 cm³/mol. The Bertz CT molecular complexity index is 873. The number of carbonyl (C=O) groups is 2. The lowest BCUT2D eigenvalue weighted by Gasteiger charge is -2.28. The molecule has 0 spiro atoms. The number of aryl methyl sites for hydroxylation is 1. The van der Waals surface area contributed by atoms with Crippen LogP contribution in [-0.2, 0) is 24.3 Å². The molecule has 1 heterocycles. The smallest absolute Gasteiger partial charge is 0.242 e. The maximum atomic E-state index is 12.6. The van der Waals surface area contributed by atoms with E-state index in [9.17, 15) is 18.0 Å². The molecule has 0 radical (unpaired) electrons. The monoisotopic (exact) mass is 465 g/mol. The highest BCUT2D eigenvalue weighted by molar-refractivity contribution is 7.89. The third-order valence-corrected chi connectivity index (χ3v) is 7.83. The van der Waals surface area contributed by atoms with Crippen molar-refractivity contribution in [3.05, 3.63) is 29.8 Å². The van der Waals surface area contributed by atoms with Crippen LogP contribution >= 0.6 is 0 Å². The fraction of sp³-hybridized carbons (Fsp3) is 0.652. The minimum absolute atomic E-state index is 0.0700. The van der Waals surface area contributed by atoms with Crippen LogP contribution in [-0.4, -0.2) is 52.1 Å². The molecule has 3 rings (SSSR count). The summed E-state index contributed by atoms with van der Waals surface area (Å²) in [7, 11) is -3.53. The first-order chi connectivity index (χ1) is 15.2. The van der Waals surface area contributed by atoms with Gasteiger partial charge in [-0.1, -0.05) is 17.7 Å². The third kappa shape index (κ3) is 7.02. The summed E-state index contributed by atoms with van der Waals surface area (Å²) in [5.74, 6) is -0.253. The summed E-state index contributed by atoms with van der Waals surface area (Å²) < 4.78 is 33.1. The number of ether oxygens (including phenoxy) is 1. The summed E-state index contributed by atoms with van der Waals surface area (Å²) in [5, 5.41) is 5.66. The number of benzene rings is 1. The van der Waals surface area contributed by atoms with Crippen molar-refractivity contribution in [3.63, 3.8) is 0 Å². The van der Waals surface area contributed by atoms with Gasteiger partial charge in [-0.3, -0.25) is 9.59 Å².